The van der Waals surface area contributed by atoms with E-state index in [1.807, 2.05) is 13.0 Å². The van der Waals surface area contributed by atoms with Gasteiger partial charge in [-0.25, -0.2) is 4.39 Å². The SMILES string of the molecule is CC/C(C#N)=C(/Cl)c1cc2ccc(F)cc2s1. The number of benzene rings is 1. The van der Waals surface area contributed by atoms with Gasteiger partial charge in [-0.2, -0.15) is 5.26 Å². The molecule has 0 aliphatic carbocycles. The van der Waals surface area contributed by atoms with Crippen molar-refractivity contribution in [1.82, 2.24) is 0 Å². The fourth-order valence-corrected chi connectivity index (χ4v) is 2.94. The van der Waals surface area contributed by atoms with Crippen LogP contribution in [0.25, 0.3) is 15.1 Å². The van der Waals surface area contributed by atoms with Gasteiger partial charge in [0, 0.05) is 15.2 Å². The van der Waals surface area contributed by atoms with E-state index < -0.39 is 0 Å². The lowest BCUT2D eigenvalue weighted by Gasteiger charge is -1.96. The Kier molecular flexibility index (Phi) is 3.46. The molecular formula is C13H9ClFNS. The summed E-state index contributed by atoms with van der Waals surface area (Å²) in [4.78, 5) is 0.811. The molecule has 0 radical (unpaired) electrons. The van der Waals surface area contributed by atoms with E-state index in [2.05, 4.69) is 6.07 Å². The highest BCUT2D eigenvalue weighted by Crippen LogP contribution is 2.34. The largest absolute Gasteiger partial charge is 0.207 e. The number of allylic oxidation sites excluding steroid dienone is 1. The third-order valence-corrected chi connectivity index (χ3v) is 4.11. The highest BCUT2D eigenvalue weighted by molar-refractivity contribution is 7.20. The van der Waals surface area contributed by atoms with Crippen molar-refractivity contribution in [1.29, 1.82) is 5.26 Å². The first-order chi connectivity index (χ1) is 8.15. The van der Waals surface area contributed by atoms with Crippen LogP contribution >= 0.6 is 22.9 Å². The number of thiophene rings is 1. The van der Waals surface area contributed by atoms with Crippen molar-refractivity contribution in [3.63, 3.8) is 0 Å². The molecule has 0 saturated carbocycles. The average molecular weight is 266 g/mol. The molecule has 1 aromatic heterocycles. The second-order valence-corrected chi connectivity index (χ2v) is 5.01. The molecule has 2 aromatic rings. The van der Waals surface area contributed by atoms with Crippen LogP contribution in [-0.4, -0.2) is 0 Å². The Morgan fingerprint density at radius 1 is 1.47 bits per heavy atom. The zero-order valence-corrected chi connectivity index (χ0v) is 10.7. The van der Waals surface area contributed by atoms with Gasteiger partial charge in [-0.05, 0) is 30.0 Å². The predicted octanol–water partition coefficient (Wildman–Crippen LogP) is 4.92. The summed E-state index contributed by atoms with van der Waals surface area (Å²) < 4.78 is 13.9. The van der Waals surface area contributed by atoms with Gasteiger partial charge in [-0.3, -0.25) is 0 Å². The molecule has 0 spiro atoms. The molecule has 0 atom stereocenters. The summed E-state index contributed by atoms with van der Waals surface area (Å²) in [6.45, 7) is 1.88. The quantitative estimate of drug-likeness (QED) is 0.707. The Balaban J connectivity index is 2.58. The van der Waals surface area contributed by atoms with Crippen molar-refractivity contribution in [2.75, 3.05) is 0 Å². The van der Waals surface area contributed by atoms with Crippen LogP contribution in [0.4, 0.5) is 4.39 Å². The van der Waals surface area contributed by atoms with Crippen molar-refractivity contribution in [3.05, 3.63) is 40.5 Å². The first-order valence-electron chi connectivity index (χ1n) is 5.14. The molecule has 4 heteroatoms. The Morgan fingerprint density at radius 3 is 2.88 bits per heavy atom. The second-order valence-electron chi connectivity index (χ2n) is 3.55. The summed E-state index contributed by atoms with van der Waals surface area (Å²) in [6, 6.07) is 8.58. The van der Waals surface area contributed by atoms with E-state index >= 15 is 0 Å². The molecule has 0 fully saturated rings. The number of hydrogen-bond donors (Lipinski definition) is 0. The zero-order valence-electron chi connectivity index (χ0n) is 9.13. The molecule has 0 aliphatic rings. The van der Waals surface area contributed by atoms with E-state index in [0.29, 0.717) is 17.0 Å². The monoisotopic (exact) mass is 265 g/mol. The number of halogens is 2. The van der Waals surface area contributed by atoms with E-state index in [4.69, 9.17) is 16.9 Å². The average Bonchev–Trinajstić information content (AvgIpc) is 2.73. The molecule has 17 heavy (non-hydrogen) atoms. The molecule has 0 bridgehead atoms. The first-order valence-corrected chi connectivity index (χ1v) is 6.33. The van der Waals surface area contributed by atoms with Crippen molar-refractivity contribution < 1.29 is 4.39 Å². The molecule has 2 rings (SSSR count). The zero-order chi connectivity index (χ0) is 12.4. The van der Waals surface area contributed by atoms with Crippen molar-refractivity contribution in [2.45, 2.75) is 13.3 Å². The molecule has 1 nitrogen and oxygen atoms in total. The minimum absolute atomic E-state index is 0.262. The van der Waals surface area contributed by atoms with Crippen molar-refractivity contribution in [2.24, 2.45) is 0 Å². The highest BCUT2D eigenvalue weighted by atomic mass is 35.5. The van der Waals surface area contributed by atoms with Crippen LogP contribution in [0.1, 0.15) is 18.2 Å². The van der Waals surface area contributed by atoms with Crippen LogP contribution in [-0.2, 0) is 0 Å². The molecule has 86 valence electrons. The van der Waals surface area contributed by atoms with Gasteiger partial charge in [-0.1, -0.05) is 24.6 Å². The van der Waals surface area contributed by atoms with Crippen LogP contribution in [0, 0.1) is 17.1 Å². The van der Waals surface area contributed by atoms with Gasteiger partial charge < -0.3 is 0 Å². The second kappa shape index (κ2) is 4.87. The maximum Gasteiger partial charge on any atom is 0.124 e. The lowest BCUT2D eigenvalue weighted by Crippen LogP contribution is -1.79. The number of fused-ring (bicyclic) bond motifs is 1. The fourth-order valence-electron chi connectivity index (χ4n) is 1.55. The molecule has 1 heterocycles. The Hall–Kier alpha value is -1.37. The minimum Gasteiger partial charge on any atom is -0.207 e. The topological polar surface area (TPSA) is 23.8 Å². The minimum atomic E-state index is -0.262. The Labute approximate surface area is 108 Å². The van der Waals surface area contributed by atoms with Gasteiger partial charge in [0.25, 0.3) is 0 Å². The molecule has 1 aromatic carbocycles. The number of rotatable bonds is 2. The Bertz CT molecular complexity index is 636. The lowest BCUT2D eigenvalue weighted by atomic mass is 10.2. The highest BCUT2D eigenvalue weighted by Gasteiger charge is 2.09. The summed E-state index contributed by atoms with van der Waals surface area (Å²) in [7, 11) is 0. The predicted molar refractivity (Wildman–Crippen MR) is 70.5 cm³/mol. The molecule has 0 N–H and O–H groups in total. The van der Waals surface area contributed by atoms with Crippen LogP contribution in [0.15, 0.2) is 29.8 Å². The first kappa shape index (κ1) is 12.1. The maximum atomic E-state index is 13.0. The van der Waals surface area contributed by atoms with Crippen LogP contribution < -0.4 is 0 Å². The fraction of sp³-hybridized carbons (Fsp3) is 0.154. The molecule has 0 saturated heterocycles. The van der Waals surface area contributed by atoms with Gasteiger partial charge in [-0.15, -0.1) is 11.3 Å². The van der Waals surface area contributed by atoms with E-state index in [0.717, 1.165) is 15.0 Å². The Morgan fingerprint density at radius 2 is 2.24 bits per heavy atom. The summed E-state index contributed by atoms with van der Waals surface area (Å²) in [6.07, 6.45) is 0.595. The van der Waals surface area contributed by atoms with Crippen molar-refractivity contribution >= 4 is 38.1 Å². The number of hydrogen-bond acceptors (Lipinski definition) is 2. The van der Waals surface area contributed by atoms with Gasteiger partial charge in [0.05, 0.1) is 11.1 Å². The maximum absolute atomic E-state index is 13.0. The molecular weight excluding hydrogens is 257 g/mol. The smallest absolute Gasteiger partial charge is 0.124 e. The summed E-state index contributed by atoms with van der Waals surface area (Å²) in [5, 5.41) is 10.3. The van der Waals surface area contributed by atoms with Crippen LogP contribution in [0.3, 0.4) is 0 Å². The number of nitrogens with zero attached hydrogens (tertiary/aromatic N) is 1. The third kappa shape index (κ3) is 2.33. The summed E-state index contributed by atoms with van der Waals surface area (Å²) >= 11 is 7.56. The normalized spacial score (nSPS) is 12.4. The molecule has 0 amide bonds. The number of nitriles is 1. The van der Waals surface area contributed by atoms with E-state index in [-0.39, 0.29) is 5.82 Å². The van der Waals surface area contributed by atoms with E-state index in [1.165, 1.54) is 23.5 Å². The van der Waals surface area contributed by atoms with Gasteiger partial charge in [0.2, 0.25) is 0 Å². The third-order valence-electron chi connectivity index (χ3n) is 2.45. The van der Waals surface area contributed by atoms with Gasteiger partial charge >= 0.3 is 0 Å². The van der Waals surface area contributed by atoms with Gasteiger partial charge in [0.15, 0.2) is 0 Å². The van der Waals surface area contributed by atoms with Crippen LogP contribution in [0.2, 0.25) is 0 Å². The standard InChI is InChI=1S/C13H9ClFNS/c1-2-8(7-16)13(14)12-5-9-3-4-10(15)6-11(9)17-12/h3-6H,2H2,1H3/b13-8-. The van der Waals surface area contributed by atoms with E-state index in [1.54, 1.807) is 6.07 Å². The van der Waals surface area contributed by atoms with E-state index in [9.17, 15) is 4.39 Å². The summed E-state index contributed by atoms with van der Waals surface area (Å²) in [5.74, 6) is -0.262. The van der Waals surface area contributed by atoms with Crippen molar-refractivity contribution in [3.8, 4) is 6.07 Å². The van der Waals surface area contributed by atoms with Crippen LogP contribution in [0.5, 0.6) is 0 Å². The molecule has 0 unspecified atom stereocenters. The summed E-state index contributed by atoms with van der Waals surface area (Å²) in [5.41, 5.74) is 0.554. The molecule has 0 aliphatic heterocycles. The lowest BCUT2D eigenvalue weighted by molar-refractivity contribution is 0.630. The van der Waals surface area contributed by atoms with Gasteiger partial charge in [0.1, 0.15) is 5.82 Å².